The summed E-state index contributed by atoms with van der Waals surface area (Å²) in [5.41, 5.74) is 1.05. The SMILES string of the molecule is CC(OC(=O)c1cc2ccccc2nc1N1CCCC1)C(=O)Nc1ccc([N+](=O)[O-])cc1Cl. The molecule has 1 aromatic heterocycles. The molecule has 1 aliphatic rings. The van der Waals surface area contributed by atoms with Gasteiger partial charge in [-0.05, 0) is 38.0 Å². The Bertz CT molecular complexity index is 1240. The van der Waals surface area contributed by atoms with E-state index in [-0.39, 0.29) is 16.4 Å². The number of rotatable bonds is 6. The second-order valence-electron chi connectivity index (χ2n) is 7.70. The number of non-ortho nitro benzene ring substituents is 1. The molecule has 170 valence electrons. The highest BCUT2D eigenvalue weighted by atomic mass is 35.5. The number of para-hydroxylation sites is 1. The number of esters is 1. The van der Waals surface area contributed by atoms with Crippen LogP contribution in [0.25, 0.3) is 10.9 Å². The summed E-state index contributed by atoms with van der Waals surface area (Å²) in [6.45, 7) is 3.02. The Labute approximate surface area is 194 Å². The van der Waals surface area contributed by atoms with Crippen LogP contribution >= 0.6 is 11.6 Å². The Hall–Kier alpha value is -3.72. The van der Waals surface area contributed by atoms with Gasteiger partial charge in [0, 0.05) is 30.6 Å². The summed E-state index contributed by atoms with van der Waals surface area (Å²) in [6.07, 6.45) is 0.886. The lowest BCUT2D eigenvalue weighted by atomic mass is 10.1. The molecule has 0 radical (unpaired) electrons. The van der Waals surface area contributed by atoms with Crippen LogP contribution in [0.15, 0.2) is 48.5 Å². The molecule has 0 spiro atoms. The summed E-state index contributed by atoms with van der Waals surface area (Å²) in [5.74, 6) is -0.731. The molecular formula is C23H21ClN4O5. The summed E-state index contributed by atoms with van der Waals surface area (Å²) in [5, 5.41) is 14.2. The van der Waals surface area contributed by atoms with Crippen molar-refractivity contribution in [2.75, 3.05) is 23.3 Å². The Kier molecular flexibility index (Phi) is 6.41. The maximum absolute atomic E-state index is 13.0. The fourth-order valence-electron chi connectivity index (χ4n) is 3.66. The first kappa shape index (κ1) is 22.5. The van der Waals surface area contributed by atoms with Crippen molar-refractivity contribution in [2.45, 2.75) is 25.9 Å². The summed E-state index contributed by atoms with van der Waals surface area (Å²) in [4.78, 5) is 42.6. The van der Waals surface area contributed by atoms with Gasteiger partial charge in [0.2, 0.25) is 0 Å². The number of fused-ring (bicyclic) bond motifs is 1. The molecule has 2 heterocycles. The zero-order valence-corrected chi connectivity index (χ0v) is 18.5. The van der Waals surface area contributed by atoms with Crippen molar-refractivity contribution in [1.29, 1.82) is 0 Å². The Balaban J connectivity index is 1.53. The summed E-state index contributed by atoms with van der Waals surface area (Å²) in [7, 11) is 0. The average Bonchev–Trinajstić information content (AvgIpc) is 3.34. The minimum Gasteiger partial charge on any atom is -0.449 e. The van der Waals surface area contributed by atoms with Crippen molar-refractivity contribution in [3.05, 3.63) is 69.2 Å². The summed E-state index contributed by atoms with van der Waals surface area (Å²) < 4.78 is 5.45. The van der Waals surface area contributed by atoms with Gasteiger partial charge in [-0.3, -0.25) is 14.9 Å². The maximum Gasteiger partial charge on any atom is 0.342 e. The number of anilines is 2. The van der Waals surface area contributed by atoms with Crippen molar-refractivity contribution in [2.24, 2.45) is 0 Å². The maximum atomic E-state index is 13.0. The second kappa shape index (κ2) is 9.41. The number of nitrogens with zero attached hydrogens (tertiary/aromatic N) is 3. The topological polar surface area (TPSA) is 115 Å². The Morgan fingerprint density at radius 1 is 1.18 bits per heavy atom. The second-order valence-corrected chi connectivity index (χ2v) is 8.11. The molecule has 4 rings (SSSR count). The van der Waals surface area contributed by atoms with E-state index < -0.39 is 22.9 Å². The van der Waals surface area contributed by atoms with Gasteiger partial charge in [0.15, 0.2) is 6.10 Å². The van der Waals surface area contributed by atoms with Gasteiger partial charge >= 0.3 is 5.97 Å². The highest BCUT2D eigenvalue weighted by molar-refractivity contribution is 6.34. The predicted octanol–water partition coefficient (Wildman–Crippen LogP) is 4.58. The lowest BCUT2D eigenvalue weighted by Crippen LogP contribution is -2.31. The zero-order chi connectivity index (χ0) is 23.5. The van der Waals surface area contributed by atoms with Gasteiger partial charge < -0.3 is 15.0 Å². The van der Waals surface area contributed by atoms with Gasteiger partial charge in [0.25, 0.3) is 11.6 Å². The number of hydrogen-bond acceptors (Lipinski definition) is 7. The molecule has 2 aromatic carbocycles. The van der Waals surface area contributed by atoms with E-state index in [1.54, 1.807) is 6.07 Å². The van der Waals surface area contributed by atoms with Gasteiger partial charge in [-0.25, -0.2) is 9.78 Å². The highest BCUT2D eigenvalue weighted by Gasteiger charge is 2.26. The minimum atomic E-state index is -1.14. The number of aromatic nitrogens is 1. The van der Waals surface area contributed by atoms with Gasteiger partial charge in [0.1, 0.15) is 11.4 Å². The zero-order valence-electron chi connectivity index (χ0n) is 17.8. The van der Waals surface area contributed by atoms with Crippen molar-refractivity contribution < 1.29 is 19.2 Å². The van der Waals surface area contributed by atoms with E-state index in [1.165, 1.54) is 19.1 Å². The van der Waals surface area contributed by atoms with E-state index in [9.17, 15) is 19.7 Å². The smallest absolute Gasteiger partial charge is 0.342 e. The number of benzene rings is 2. The lowest BCUT2D eigenvalue weighted by Gasteiger charge is -2.21. The van der Waals surface area contributed by atoms with Crippen molar-refractivity contribution in [3.63, 3.8) is 0 Å². The van der Waals surface area contributed by atoms with E-state index in [4.69, 9.17) is 16.3 Å². The molecular weight excluding hydrogens is 448 g/mol. The molecule has 1 amide bonds. The van der Waals surface area contributed by atoms with Crippen molar-refractivity contribution >= 4 is 51.6 Å². The Morgan fingerprint density at radius 3 is 2.61 bits per heavy atom. The van der Waals surface area contributed by atoms with Crippen molar-refractivity contribution in [3.8, 4) is 0 Å². The van der Waals surface area contributed by atoms with Crippen LogP contribution in [0.4, 0.5) is 17.2 Å². The molecule has 33 heavy (non-hydrogen) atoms. The molecule has 0 aliphatic carbocycles. The first-order valence-electron chi connectivity index (χ1n) is 10.4. The molecule has 10 heteroatoms. The minimum absolute atomic E-state index is 0.00567. The van der Waals surface area contributed by atoms with Crippen LogP contribution in [-0.2, 0) is 9.53 Å². The van der Waals surface area contributed by atoms with E-state index >= 15 is 0 Å². The molecule has 9 nitrogen and oxygen atoms in total. The number of amides is 1. The van der Waals surface area contributed by atoms with Crippen LogP contribution in [0.1, 0.15) is 30.1 Å². The first-order valence-corrected chi connectivity index (χ1v) is 10.8. The van der Waals surface area contributed by atoms with Gasteiger partial charge in [-0.2, -0.15) is 0 Å². The number of hydrogen-bond donors (Lipinski definition) is 1. The van der Waals surface area contributed by atoms with Crippen LogP contribution in [-0.4, -0.2) is 41.0 Å². The van der Waals surface area contributed by atoms with Crippen LogP contribution in [0.5, 0.6) is 0 Å². The molecule has 1 N–H and O–H groups in total. The number of nitro benzene ring substituents is 1. The summed E-state index contributed by atoms with van der Waals surface area (Å²) >= 11 is 6.03. The van der Waals surface area contributed by atoms with Crippen LogP contribution < -0.4 is 10.2 Å². The van der Waals surface area contributed by atoms with Crippen LogP contribution in [0.2, 0.25) is 5.02 Å². The monoisotopic (exact) mass is 468 g/mol. The number of carbonyl (C=O) groups excluding carboxylic acids is 2. The van der Waals surface area contributed by atoms with Crippen molar-refractivity contribution in [1.82, 2.24) is 4.98 Å². The molecule has 1 fully saturated rings. The molecule has 0 bridgehead atoms. The van der Waals surface area contributed by atoms with Crippen LogP contribution in [0.3, 0.4) is 0 Å². The van der Waals surface area contributed by atoms with E-state index in [2.05, 4.69) is 10.3 Å². The molecule has 1 unspecified atom stereocenters. The van der Waals surface area contributed by atoms with E-state index in [0.717, 1.165) is 42.9 Å². The van der Waals surface area contributed by atoms with Gasteiger partial charge in [-0.15, -0.1) is 0 Å². The van der Waals surface area contributed by atoms with Gasteiger partial charge in [0.05, 0.1) is 21.2 Å². The highest BCUT2D eigenvalue weighted by Crippen LogP contribution is 2.29. The third-order valence-electron chi connectivity index (χ3n) is 5.40. The normalized spacial score (nSPS) is 14.2. The lowest BCUT2D eigenvalue weighted by molar-refractivity contribution is -0.384. The molecule has 1 saturated heterocycles. The van der Waals surface area contributed by atoms with Crippen LogP contribution in [0, 0.1) is 10.1 Å². The third-order valence-corrected chi connectivity index (χ3v) is 5.72. The fraction of sp³-hybridized carbons (Fsp3) is 0.261. The van der Waals surface area contributed by atoms with E-state index in [0.29, 0.717) is 11.4 Å². The quantitative estimate of drug-likeness (QED) is 0.320. The average molecular weight is 469 g/mol. The number of halogens is 1. The molecule has 0 saturated carbocycles. The molecule has 1 atom stereocenters. The predicted molar refractivity (Wildman–Crippen MR) is 125 cm³/mol. The fourth-order valence-corrected chi connectivity index (χ4v) is 3.88. The Morgan fingerprint density at radius 2 is 1.91 bits per heavy atom. The summed E-state index contributed by atoms with van der Waals surface area (Å²) in [6, 6.07) is 12.9. The van der Waals surface area contributed by atoms with Gasteiger partial charge in [-0.1, -0.05) is 29.8 Å². The molecule has 1 aliphatic heterocycles. The number of nitro groups is 1. The number of ether oxygens (including phenoxy) is 1. The first-order chi connectivity index (χ1) is 15.8. The van der Waals surface area contributed by atoms with E-state index in [1.807, 2.05) is 29.2 Å². The molecule has 3 aromatic rings. The largest absolute Gasteiger partial charge is 0.449 e. The number of nitrogens with one attached hydrogen (secondary N) is 1. The standard InChI is InChI=1S/C23H21ClN4O5/c1-14(22(29)26-20-9-8-16(28(31)32)13-18(20)24)33-23(30)17-12-15-6-2-3-7-19(15)25-21(17)27-10-4-5-11-27/h2-3,6-9,12-14H,4-5,10-11H2,1H3,(H,26,29). The third kappa shape index (κ3) is 4.88. The number of carbonyl (C=O) groups is 2. The number of pyridine rings is 1.